The molecule has 0 saturated heterocycles. The average Bonchev–Trinajstić information content (AvgIpc) is 2.66. The third kappa shape index (κ3) is 8.24. The Hall–Kier alpha value is -2.87. The molecule has 0 bridgehead atoms. The number of anilines is 1. The Bertz CT molecular complexity index is 892. The van der Waals surface area contributed by atoms with Gasteiger partial charge < -0.3 is 20.7 Å². The van der Waals surface area contributed by atoms with Crippen LogP contribution >= 0.6 is 15.9 Å². The van der Waals surface area contributed by atoms with Crippen LogP contribution in [0.15, 0.2) is 53.0 Å². The molecule has 0 aliphatic heterocycles. The summed E-state index contributed by atoms with van der Waals surface area (Å²) in [6, 6.07) is 14.3. The second-order valence-electron chi connectivity index (χ2n) is 7.57. The van der Waals surface area contributed by atoms with Crippen molar-refractivity contribution in [1.29, 1.82) is 0 Å². The van der Waals surface area contributed by atoms with Crippen molar-refractivity contribution >= 4 is 39.5 Å². The normalized spacial score (nSPS) is 10.8. The van der Waals surface area contributed by atoms with E-state index in [0.717, 1.165) is 10.0 Å². The van der Waals surface area contributed by atoms with Gasteiger partial charge in [-0.1, -0.05) is 34.1 Å². The number of carbonyl (C=O) groups excluding carboxylic acids is 3. The van der Waals surface area contributed by atoms with Gasteiger partial charge in [0.2, 0.25) is 5.91 Å². The molecule has 0 aliphatic rings. The highest BCUT2D eigenvalue weighted by Gasteiger charge is 2.16. The smallest absolute Gasteiger partial charge is 0.407 e. The lowest BCUT2D eigenvalue weighted by Gasteiger charge is -2.19. The van der Waals surface area contributed by atoms with E-state index < -0.39 is 11.7 Å². The maximum Gasteiger partial charge on any atom is 0.407 e. The van der Waals surface area contributed by atoms with Crippen molar-refractivity contribution in [3.63, 3.8) is 0 Å². The van der Waals surface area contributed by atoms with Crippen molar-refractivity contribution < 1.29 is 19.1 Å². The first-order valence-electron chi connectivity index (χ1n) is 9.52. The first kappa shape index (κ1) is 23.4. The molecule has 3 amide bonds. The van der Waals surface area contributed by atoms with E-state index >= 15 is 0 Å². The van der Waals surface area contributed by atoms with Crippen molar-refractivity contribution in [2.75, 3.05) is 11.9 Å². The van der Waals surface area contributed by atoms with Crippen LogP contribution in [0.25, 0.3) is 0 Å². The van der Waals surface area contributed by atoms with Crippen molar-refractivity contribution in [3.05, 3.63) is 64.1 Å². The van der Waals surface area contributed by atoms with Crippen LogP contribution in [0.2, 0.25) is 0 Å². The maximum absolute atomic E-state index is 12.3. The molecule has 0 unspecified atom stereocenters. The fourth-order valence-corrected chi connectivity index (χ4v) is 2.74. The molecule has 8 heteroatoms. The summed E-state index contributed by atoms with van der Waals surface area (Å²) in [5.41, 5.74) is 1.34. The van der Waals surface area contributed by atoms with Crippen molar-refractivity contribution in [3.8, 4) is 0 Å². The molecule has 2 aromatic rings. The van der Waals surface area contributed by atoms with E-state index in [4.69, 9.17) is 4.74 Å². The minimum atomic E-state index is -0.591. The molecule has 7 nitrogen and oxygen atoms in total. The van der Waals surface area contributed by atoms with E-state index in [1.807, 2.05) is 12.1 Å². The molecular weight excluding hydrogens is 450 g/mol. The lowest BCUT2D eigenvalue weighted by atomic mass is 10.1. The molecule has 30 heavy (non-hydrogen) atoms. The molecule has 0 radical (unpaired) electrons. The SMILES string of the molecule is CC(C)(C)OC(=O)NCCC(=O)Nc1ccccc1CNC(=O)c1ccc(Br)cc1. The molecule has 0 aliphatic carbocycles. The number of ether oxygens (including phenoxy) is 1. The first-order valence-corrected chi connectivity index (χ1v) is 10.3. The lowest BCUT2D eigenvalue weighted by Crippen LogP contribution is -2.34. The third-order valence-electron chi connectivity index (χ3n) is 3.86. The topological polar surface area (TPSA) is 96.5 Å². The van der Waals surface area contributed by atoms with Gasteiger partial charge in [-0.05, 0) is 56.7 Å². The first-order chi connectivity index (χ1) is 14.1. The predicted molar refractivity (Wildman–Crippen MR) is 119 cm³/mol. The van der Waals surface area contributed by atoms with Crippen LogP contribution in [-0.2, 0) is 16.1 Å². The van der Waals surface area contributed by atoms with Crippen molar-refractivity contribution in [2.24, 2.45) is 0 Å². The molecule has 160 valence electrons. The largest absolute Gasteiger partial charge is 0.444 e. The van der Waals surface area contributed by atoms with E-state index in [2.05, 4.69) is 31.9 Å². The molecule has 3 N–H and O–H groups in total. The maximum atomic E-state index is 12.3. The van der Waals surface area contributed by atoms with E-state index in [1.165, 1.54) is 0 Å². The second kappa shape index (κ2) is 10.8. The van der Waals surface area contributed by atoms with Crippen LogP contribution in [0.3, 0.4) is 0 Å². The third-order valence-corrected chi connectivity index (χ3v) is 4.39. The summed E-state index contributed by atoms with van der Waals surface area (Å²) >= 11 is 3.34. The van der Waals surface area contributed by atoms with E-state index in [9.17, 15) is 14.4 Å². The van der Waals surface area contributed by atoms with E-state index in [0.29, 0.717) is 11.3 Å². The molecular formula is C22H26BrN3O4. The van der Waals surface area contributed by atoms with Crippen LogP contribution in [-0.4, -0.2) is 30.1 Å². The number of hydrogen-bond donors (Lipinski definition) is 3. The number of carbonyl (C=O) groups is 3. The monoisotopic (exact) mass is 475 g/mol. The van der Waals surface area contributed by atoms with Crippen molar-refractivity contribution in [2.45, 2.75) is 39.3 Å². The molecule has 2 aromatic carbocycles. The van der Waals surface area contributed by atoms with Crippen LogP contribution in [0.5, 0.6) is 0 Å². The van der Waals surface area contributed by atoms with Gasteiger partial charge in [-0.15, -0.1) is 0 Å². The zero-order valence-electron chi connectivity index (χ0n) is 17.3. The van der Waals surface area contributed by atoms with Gasteiger partial charge in [-0.3, -0.25) is 9.59 Å². The summed E-state index contributed by atoms with van der Waals surface area (Å²) in [5.74, 6) is -0.456. The second-order valence-corrected chi connectivity index (χ2v) is 8.49. The lowest BCUT2D eigenvalue weighted by molar-refractivity contribution is -0.116. The number of para-hydroxylation sites is 1. The summed E-state index contributed by atoms with van der Waals surface area (Å²) < 4.78 is 6.03. The Balaban J connectivity index is 1.85. The highest BCUT2D eigenvalue weighted by molar-refractivity contribution is 9.10. The van der Waals surface area contributed by atoms with Crippen LogP contribution < -0.4 is 16.0 Å². The standard InChI is InChI=1S/C22H26BrN3O4/c1-22(2,3)30-21(29)24-13-12-19(27)26-18-7-5-4-6-16(18)14-25-20(28)15-8-10-17(23)11-9-15/h4-11H,12-14H2,1-3H3,(H,24,29)(H,25,28)(H,26,27). The Morgan fingerprint density at radius 2 is 1.63 bits per heavy atom. The number of hydrogen-bond acceptors (Lipinski definition) is 4. The minimum absolute atomic E-state index is 0.0961. The molecule has 0 spiro atoms. The molecule has 0 aromatic heterocycles. The van der Waals surface area contributed by atoms with Crippen LogP contribution in [0.1, 0.15) is 43.1 Å². The average molecular weight is 476 g/mol. The fraction of sp³-hybridized carbons (Fsp3) is 0.318. The number of rotatable bonds is 7. The molecule has 0 saturated carbocycles. The highest BCUT2D eigenvalue weighted by Crippen LogP contribution is 2.16. The Morgan fingerprint density at radius 3 is 2.30 bits per heavy atom. The van der Waals surface area contributed by atoms with Crippen LogP contribution in [0.4, 0.5) is 10.5 Å². The summed E-state index contributed by atoms with van der Waals surface area (Å²) in [4.78, 5) is 36.2. The number of nitrogens with one attached hydrogen (secondary N) is 3. The molecule has 0 atom stereocenters. The number of amides is 3. The quantitative estimate of drug-likeness (QED) is 0.557. The van der Waals surface area contributed by atoms with E-state index in [-0.39, 0.29) is 31.3 Å². The Kier molecular flexibility index (Phi) is 8.41. The Labute approximate surface area is 184 Å². The molecule has 0 fully saturated rings. The van der Waals surface area contributed by atoms with Crippen LogP contribution in [0, 0.1) is 0 Å². The van der Waals surface area contributed by atoms with Gasteiger partial charge in [0.05, 0.1) is 0 Å². The van der Waals surface area contributed by atoms with Gasteiger partial charge in [0.25, 0.3) is 5.91 Å². The predicted octanol–water partition coefficient (Wildman–Crippen LogP) is 4.23. The fourth-order valence-electron chi connectivity index (χ4n) is 2.48. The highest BCUT2D eigenvalue weighted by atomic mass is 79.9. The zero-order chi connectivity index (χ0) is 22.1. The summed E-state index contributed by atoms with van der Waals surface area (Å²) in [5, 5.41) is 8.21. The van der Waals surface area contributed by atoms with E-state index in [1.54, 1.807) is 57.2 Å². The Morgan fingerprint density at radius 1 is 0.967 bits per heavy atom. The van der Waals surface area contributed by atoms with Gasteiger partial charge in [-0.25, -0.2) is 4.79 Å². The van der Waals surface area contributed by atoms with Gasteiger partial charge in [0.15, 0.2) is 0 Å². The van der Waals surface area contributed by atoms with Crippen molar-refractivity contribution in [1.82, 2.24) is 10.6 Å². The molecule has 0 heterocycles. The number of benzene rings is 2. The van der Waals surface area contributed by atoms with Gasteiger partial charge in [0.1, 0.15) is 5.60 Å². The number of alkyl carbamates (subject to hydrolysis) is 1. The van der Waals surface area contributed by atoms with Gasteiger partial charge in [0, 0.05) is 35.2 Å². The molecule has 2 rings (SSSR count). The van der Waals surface area contributed by atoms with Gasteiger partial charge >= 0.3 is 6.09 Å². The van der Waals surface area contributed by atoms with Gasteiger partial charge in [-0.2, -0.15) is 0 Å². The number of halogens is 1. The summed E-state index contributed by atoms with van der Waals surface area (Å²) in [6.07, 6.45) is -0.468. The zero-order valence-corrected chi connectivity index (χ0v) is 18.8. The minimum Gasteiger partial charge on any atom is -0.444 e. The summed E-state index contributed by atoms with van der Waals surface area (Å²) in [7, 11) is 0. The summed E-state index contributed by atoms with van der Waals surface area (Å²) in [6.45, 7) is 5.73.